The Hall–Kier alpha value is -1.12. The van der Waals surface area contributed by atoms with Crippen molar-refractivity contribution in [3.63, 3.8) is 0 Å². The fraction of sp³-hybridized carbons (Fsp3) is 0.556. The van der Waals surface area contributed by atoms with Gasteiger partial charge in [0.25, 0.3) is 0 Å². The van der Waals surface area contributed by atoms with Crippen LogP contribution in [0.3, 0.4) is 0 Å². The van der Waals surface area contributed by atoms with Crippen molar-refractivity contribution < 1.29 is 5.11 Å². The number of hydrogen-bond acceptors (Lipinski definition) is 2. The minimum absolute atomic E-state index is 0.536. The molecule has 1 aliphatic carbocycles. The molecule has 0 amide bonds. The van der Waals surface area contributed by atoms with Gasteiger partial charge in [-0.1, -0.05) is 55.7 Å². The van der Waals surface area contributed by atoms with E-state index in [0.29, 0.717) is 0 Å². The summed E-state index contributed by atoms with van der Waals surface area (Å²) in [6.45, 7) is 3.92. The average Bonchev–Trinajstić information content (AvgIpc) is 2.46. The van der Waals surface area contributed by atoms with Crippen LogP contribution in [0.1, 0.15) is 44.6 Å². The predicted molar refractivity (Wildman–Crippen MR) is 84.6 cm³/mol. The molecule has 1 saturated carbocycles. The standard InChI is InChI=1S/C18H27NO/c1-16(18(20)12-7-4-8-13-18)11-14-19(2)15-17-9-5-3-6-10-17/h3,5-6,9-11,20H,4,7-8,12-15H2,1-2H3/b16-11-. The largest absolute Gasteiger partial charge is 0.386 e. The lowest BCUT2D eigenvalue weighted by atomic mass is 9.80. The van der Waals surface area contributed by atoms with Crippen LogP contribution in [-0.2, 0) is 6.54 Å². The van der Waals surface area contributed by atoms with Gasteiger partial charge in [0.2, 0.25) is 0 Å². The maximum atomic E-state index is 10.7. The molecule has 0 atom stereocenters. The third-order valence-electron chi connectivity index (χ3n) is 4.42. The van der Waals surface area contributed by atoms with E-state index in [2.05, 4.69) is 49.2 Å². The van der Waals surface area contributed by atoms with E-state index in [1.54, 1.807) is 0 Å². The SMILES string of the molecule is C/C(=C/CN(C)Cc1ccccc1)C1(O)CCCCC1. The van der Waals surface area contributed by atoms with E-state index in [1.165, 1.54) is 12.0 Å². The Morgan fingerprint density at radius 3 is 2.50 bits per heavy atom. The van der Waals surface area contributed by atoms with Crippen LogP contribution in [0, 0.1) is 0 Å². The molecule has 20 heavy (non-hydrogen) atoms. The van der Waals surface area contributed by atoms with Crippen molar-refractivity contribution in [1.82, 2.24) is 4.90 Å². The highest BCUT2D eigenvalue weighted by molar-refractivity contribution is 5.17. The molecule has 0 unspecified atom stereocenters. The van der Waals surface area contributed by atoms with Crippen molar-refractivity contribution in [2.24, 2.45) is 0 Å². The molecule has 1 aromatic rings. The maximum Gasteiger partial charge on any atom is 0.0854 e. The van der Waals surface area contributed by atoms with Crippen molar-refractivity contribution in [2.75, 3.05) is 13.6 Å². The quantitative estimate of drug-likeness (QED) is 0.826. The van der Waals surface area contributed by atoms with Crippen LogP contribution < -0.4 is 0 Å². The van der Waals surface area contributed by atoms with Crippen molar-refractivity contribution >= 4 is 0 Å². The Morgan fingerprint density at radius 2 is 1.85 bits per heavy atom. The lowest BCUT2D eigenvalue weighted by Gasteiger charge is -2.33. The second kappa shape index (κ2) is 7.05. The summed E-state index contributed by atoms with van der Waals surface area (Å²) in [7, 11) is 2.13. The highest BCUT2D eigenvalue weighted by atomic mass is 16.3. The second-order valence-electron chi connectivity index (χ2n) is 6.16. The minimum Gasteiger partial charge on any atom is -0.386 e. The number of likely N-dealkylation sites (N-methyl/N-ethyl adjacent to an activating group) is 1. The number of rotatable bonds is 5. The Kier molecular flexibility index (Phi) is 5.38. The van der Waals surface area contributed by atoms with Crippen LogP contribution in [-0.4, -0.2) is 29.2 Å². The van der Waals surface area contributed by atoms with Gasteiger partial charge in [0.15, 0.2) is 0 Å². The van der Waals surface area contributed by atoms with E-state index in [-0.39, 0.29) is 0 Å². The number of hydrogen-bond donors (Lipinski definition) is 1. The van der Waals surface area contributed by atoms with E-state index >= 15 is 0 Å². The molecule has 2 nitrogen and oxygen atoms in total. The maximum absolute atomic E-state index is 10.7. The second-order valence-corrected chi connectivity index (χ2v) is 6.16. The Bertz CT molecular complexity index is 432. The molecule has 1 N–H and O–H groups in total. The van der Waals surface area contributed by atoms with E-state index in [4.69, 9.17) is 0 Å². The summed E-state index contributed by atoms with van der Waals surface area (Å²) < 4.78 is 0. The van der Waals surface area contributed by atoms with E-state index in [0.717, 1.165) is 44.3 Å². The normalized spacial score (nSPS) is 19.3. The van der Waals surface area contributed by atoms with Crippen LogP contribution in [0.15, 0.2) is 42.0 Å². The first-order valence-electron chi connectivity index (χ1n) is 7.72. The Balaban J connectivity index is 1.87. The lowest BCUT2D eigenvalue weighted by Crippen LogP contribution is -2.33. The zero-order valence-electron chi connectivity index (χ0n) is 12.8. The predicted octanol–water partition coefficient (Wildman–Crippen LogP) is 3.76. The summed E-state index contributed by atoms with van der Waals surface area (Å²) in [5.41, 5.74) is 1.95. The third-order valence-corrected chi connectivity index (χ3v) is 4.42. The van der Waals surface area contributed by atoms with Gasteiger partial charge < -0.3 is 5.11 Å². The molecule has 1 aliphatic rings. The van der Waals surface area contributed by atoms with Crippen LogP contribution >= 0.6 is 0 Å². The van der Waals surface area contributed by atoms with Crippen molar-refractivity contribution in [2.45, 2.75) is 51.2 Å². The monoisotopic (exact) mass is 273 g/mol. The molecule has 110 valence electrons. The molecule has 0 aliphatic heterocycles. The highest BCUT2D eigenvalue weighted by Gasteiger charge is 2.30. The van der Waals surface area contributed by atoms with Gasteiger partial charge in [-0.05, 0) is 37.9 Å². The van der Waals surface area contributed by atoms with Crippen molar-refractivity contribution in [3.8, 4) is 0 Å². The zero-order chi connectivity index (χ0) is 14.4. The minimum atomic E-state index is -0.536. The first-order chi connectivity index (χ1) is 9.60. The molecule has 0 radical (unpaired) electrons. The molecule has 0 aromatic heterocycles. The van der Waals surface area contributed by atoms with Crippen LogP contribution in [0.5, 0.6) is 0 Å². The van der Waals surface area contributed by atoms with Gasteiger partial charge in [-0.2, -0.15) is 0 Å². The van der Waals surface area contributed by atoms with Crippen LogP contribution in [0.25, 0.3) is 0 Å². The third kappa shape index (κ3) is 4.19. The van der Waals surface area contributed by atoms with Gasteiger partial charge in [0.05, 0.1) is 5.60 Å². The molecule has 0 spiro atoms. The Labute approximate surface area is 123 Å². The number of benzene rings is 1. The molecule has 0 bridgehead atoms. The molecule has 1 aromatic carbocycles. The first kappa shape index (κ1) is 15.3. The van der Waals surface area contributed by atoms with E-state index in [1.807, 2.05) is 6.07 Å². The fourth-order valence-electron chi connectivity index (χ4n) is 2.97. The summed E-state index contributed by atoms with van der Waals surface area (Å²) in [6, 6.07) is 10.5. The smallest absolute Gasteiger partial charge is 0.0854 e. The van der Waals surface area contributed by atoms with Gasteiger partial charge >= 0.3 is 0 Å². The molecule has 2 rings (SSSR count). The van der Waals surface area contributed by atoms with Crippen LogP contribution in [0.4, 0.5) is 0 Å². The topological polar surface area (TPSA) is 23.5 Å². The number of aliphatic hydroxyl groups is 1. The van der Waals surface area contributed by atoms with Gasteiger partial charge in [0, 0.05) is 13.1 Å². The molecule has 2 heteroatoms. The van der Waals surface area contributed by atoms with Crippen molar-refractivity contribution in [1.29, 1.82) is 0 Å². The summed E-state index contributed by atoms with van der Waals surface area (Å²) in [4.78, 5) is 2.28. The summed E-state index contributed by atoms with van der Waals surface area (Å²) in [5, 5.41) is 10.7. The molecular formula is C18H27NO. The zero-order valence-corrected chi connectivity index (χ0v) is 12.8. The molecule has 0 saturated heterocycles. The first-order valence-corrected chi connectivity index (χ1v) is 7.72. The highest BCUT2D eigenvalue weighted by Crippen LogP contribution is 2.33. The average molecular weight is 273 g/mol. The number of nitrogens with zero attached hydrogens (tertiary/aromatic N) is 1. The van der Waals surface area contributed by atoms with Gasteiger partial charge in [0.1, 0.15) is 0 Å². The van der Waals surface area contributed by atoms with E-state index < -0.39 is 5.60 Å². The van der Waals surface area contributed by atoms with E-state index in [9.17, 15) is 5.11 Å². The van der Waals surface area contributed by atoms with Crippen molar-refractivity contribution in [3.05, 3.63) is 47.5 Å². The molecular weight excluding hydrogens is 246 g/mol. The fourth-order valence-corrected chi connectivity index (χ4v) is 2.97. The molecule has 0 heterocycles. The summed E-state index contributed by atoms with van der Waals surface area (Å²) in [5.74, 6) is 0. The molecule has 1 fully saturated rings. The van der Waals surface area contributed by atoms with Crippen LogP contribution in [0.2, 0.25) is 0 Å². The Morgan fingerprint density at radius 1 is 1.20 bits per heavy atom. The lowest BCUT2D eigenvalue weighted by molar-refractivity contribution is 0.0391. The van der Waals surface area contributed by atoms with Gasteiger partial charge in [-0.25, -0.2) is 0 Å². The summed E-state index contributed by atoms with van der Waals surface area (Å²) in [6.07, 6.45) is 7.64. The summed E-state index contributed by atoms with van der Waals surface area (Å²) >= 11 is 0. The van der Waals surface area contributed by atoms with Gasteiger partial charge in [-0.15, -0.1) is 0 Å². The van der Waals surface area contributed by atoms with Gasteiger partial charge in [-0.3, -0.25) is 4.90 Å².